The number of aromatic nitrogens is 2. The lowest BCUT2D eigenvalue weighted by atomic mass is 10.0. The van der Waals surface area contributed by atoms with Crippen LogP contribution in [0.15, 0.2) is 48.7 Å². The van der Waals surface area contributed by atoms with E-state index in [9.17, 15) is 0 Å². The van der Waals surface area contributed by atoms with Gasteiger partial charge < -0.3 is 0 Å². The topological polar surface area (TPSA) is 25.8 Å². The van der Waals surface area contributed by atoms with Crippen molar-refractivity contribution < 1.29 is 0 Å². The Kier molecular flexibility index (Phi) is 3.18. The zero-order valence-electron chi connectivity index (χ0n) is 10.6. The predicted molar refractivity (Wildman–Crippen MR) is 79.3 cm³/mol. The number of benzene rings is 2. The molecule has 0 amide bonds. The fourth-order valence-corrected chi connectivity index (χ4v) is 2.28. The molecule has 0 unspecified atom stereocenters. The monoisotopic (exact) mass is 268 g/mol. The summed E-state index contributed by atoms with van der Waals surface area (Å²) in [4.78, 5) is 8.56. The van der Waals surface area contributed by atoms with Crippen LogP contribution in [-0.4, -0.2) is 9.97 Å². The number of nitrogens with zero attached hydrogens (tertiary/aromatic N) is 2. The summed E-state index contributed by atoms with van der Waals surface area (Å²) >= 11 is 5.77. The third-order valence-electron chi connectivity index (χ3n) is 3.12. The van der Waals surface area contributed by atoms with Crippen LogP contribution in [0.2, 0.25) is 0 Å². The number of alkyl halides is 1. The number of hydrogen-bond acceptors (Lipinski definition) is 2. The maximum absolute atomic E-state index is 5.77. The molecule has 0 spiro atoms. The van der Waals surface area contributed by atoms with Crippen molar-refractivity contribution in [3.63, 3.8) is 0 Å². The highest BCUT2D eigenvalue weighted by Gasteiger charge is 2.03. The molecule has 19 heavy (non-hydrogen) atoms. The van der Waals surface area contributed by atoms with E-state index in [2.05, 4.69) is 53.3 Å². The Morgan fingerprint density at radius 1 is 1.00 bits per heavy atom. The molecule has 3 aromatic rings. The molecule has 0 aliphatic rings. The van der Waals surface area contributed by atoms with E-state index in [0.717, 1.165) is 11.3 Å². The largest absolute Gasteiger partial charge is 0.240 e. The van der Waals surface area contributed by atoms with Gasteiger partial charge in [0.15, 0.2) is 0 Å². The SMILES string of the molecule is Cc1ccc2cc(-c3ccnc(CCl)n3)ccc2c1. The second kappa shape index (κ2) is 4.98. The van der Waals surface area contributed by atoms with Gasteiger partial charge >= 0.3 is 0 Å². The highest BCUT2D eigenvalue weighted by atomic mass is 35.5. The Hall–Kier alpha value is -1.93. The Morgan fingerprint density at radius 2 is 1.79 bits per heavy atom. The minimum atomic E-state index is 0.334. The fourth-order valence-electron chi connectivity index (χ4n) is 2.15. The summed E-state index contributed by atoms with van der Waals surface area (Å²) in [6, 6.07) is 14.7. The highest BCUT2D eigenvalue weighted by Crippen LogP contribution is 2.23. The minimum absolute atomic E-state index is 0.334. The quantitative estimate of drug-likeness (QED) is 0.646. The molecule has 2 aromatic carbocycles. The van der Waals surface area contributed by atoms with Gasteiger partial charge in [0, 0.05) is 11.8 Å². The Bertz CT molecular complexity index is 738. The van der Waals surface area contributed by atoms with Crippen molar-refractivity contribution in [3.8, 4) is 11.3 Å². The molecule has 1 aromatic heterocycles. The lowest BCUT2D eigenvalue weighted by Crippen LogP contribution is -1.92. The van der Waals surface area contributed by atoms with E-state index in [4.69, 9.17) is 11.6 Å². The van der Waals surface area contributed by atoms with Gasteiger partial charge in [-0.15, -0.1) is 11.6 Å². The van der Waals surface area contributed by atoms with E-state index >= 15 is 0 Å². The minimum Gasteiger partial charge on any atom is -0.240 e. The van der Waals surface area contributed by atoms with E-state index in [-0.39, 0.29) is 0 Å². The van der Waals surface area contributed by atoms with Crippen molar-refractivity contribution in [2.45, 2.75) is 12.8 Å². The predicted octanol–water partition coefficient (Wildman–Crippen LogP) is 4.34. The zero-order chi connectivity index (χ0) is 13.2. The van der Waals surface area contributed by atoms with Gasteiger partial charge in [0.05, 0.1) is 11.6 Å². The van der Waals surface area contributed by atoms with Crippen LogP contribution in [0.4, 0.5) is 0 Å². The number of halogens is 1. The van der Waals surface area contributed by atoms with Crippen molar-refractivity contribution in [1.29, 1.82) is 0 Å². The number of hydrogen-bond donors (Lipinski definition) is 0. The molecular weight excluding hydrogens is 256 g/mol. The van der Waals surface area contributed by atoms with Crippen molar-refractivity contribution in [3.05, 3.63) is 60.0 Å². The first kappa shape index (κ1) is 12.1. The summed E-state index contributed by atoms with van der Waals surface area (Å²) < 4.78 is 0. The highest BCUT2D eigenvalue weighted by molar-refractivity contribution is 6.16. The third kappa shape index (κ3) is 2.45. The van der Waals surface area contributed by atoms with Gasteiger partial charge in [-0.25, -0.2) is 9.97 Å². The molecule has 0 N–H and O–H groups in total. The van der Waals surface area contributed by atoms with Crippen LogP contribution in [0.1, 0.15) is 11.4 Å². The molecule has 0 saturated carbocycles. The van der Waals surface area contributed by atoms with Crippen LogP contribution >= 0.6 is 11.6 Å². The van der Waals surface area contributed by atoms with E-state index < -0.39 is 0 Å². The van der Waals surface area contributed by atoms with E-state index in [1.807, 2.05) is 6.07 Å². The van der Waals surface area contributed by atoms with Gasteiger partial charge in [0.2, 0.25) is 0 Å². The van der Waals surface area contributed by atoms with Crippen LogP contribution < -0.4 is 0 Å². The standard InChI is InChI=1S/C16H13ClN2/c1-11-2-3-13-9-14(5-4-12(13)8-11)15-6-7-18-16(10-17)19-15/h2-9H,10H2,1H3. The van der Waals surface area contributed by atoms with E-state index in [1.54, 1.807) is 6.20 Å². The van der Waals surface area contributed by atoms with E-state index in [0.29, 0.717) is 11.7 Å². The molecule has 2 nitrogen and oxygen atoms in total. The fraction of sp³-hybridized carbons (Fsp3) is 0.125. The number of rotatable bonds is 2. The molecule has 3 rings (SSSR count). The summed E-state index contributed by atoms with van der Waals surface area (Å²) in [6.07, 6.45) is 1.75. The lowest BCUT2D eigenvalue weighted by Gasteiger charge is -2.05. The van der Waals surface area contributed by atoms with Crippen molar-refractivity contribution >= 4 is 22.4 Å². The molecule has 0 aliphatic carbocycles. The van der Waals surface area contributed by atoms with Crippen LogP contribution in [-0.2, 0) is 5.88 Å². The van der Waals surface area contributed by atoms with Crippen molar-refractivity contribution in [2.75, 3.05) is 0 Å². The summed E-state index contributed by atoms with van der Waals surface area (Å²) in [6.45, 7) is 2.10. The lowest BCUT2D eigenvalue weighted by molar-refractivity contribution is 1.03. The van der Waals surface area contributed by atoms with Crippen LogP contribution in [0.5, 0.6) is 0 Å². The van der Waals surface area contributed by atoms with Crippen LogP contribution in [0, 0.1) is 6.92 Å². The molecule has 0 radical (unpaired) electrons. The van der Waals surface area contributed by atoms with Gasteiger partial charge in [-0.1, -0.05) is 35.9 Å². The Labute approximate surface area is 117 Å². The normalized spacial score (nSPS) is 10.8. The average Bonchev–Trinajstić information content (AvgIpc) is 2.46. The third-order valence-corrected chi connectivity index (χ3v) is 3.36. The van der Waals surface area contributed by atoms with Crippen molar-refractivity contribution in [1.82, 2.24) is 9.97 Å². The Morgan fingerprint density at radius 3 is 2.63 bits per heavy atom. The second-order valence-electron chi connectivity index (χ2n) is 4.56. The molecule has 0 atom stereocenters. The van der Waals surface area contributed by atoms with Gasteiger partial charge in [-0.05, 0) is 29.8 Å². The average molecular weight is 269 g/mol. The van der Waals surface area contributed by atoms with E-state index in [1.165, 1.54) is 16.3 Å². The first-order chi connectivity index (χ1) is 9.26. The summed E-state index contributed by atoms with van der Waals surface area (Å²) in [5, 5.41) is 2.46. The molecule has 1 heterocycles. The van der Waals surface area contributed by atoms with Gasteiger partial charge in [0.25, 0.3) is 0 Å². The van der Waals surface area contributed by atoms with Crippen LogP contribution in [0.3, 0.4) is 0 Å². The molecule has 0 bridgehead atoms. The summed E-state index contributed by atoms with van der Waals surface area (Å²) in [7, 11) is 0. The molecule has 0 saturated heterocycles. The molecule has 0 fully saturated rings. The molecular formula is C16H13ClN2. The maximum atomic E-state index is 5.77. The molecule has 94 valence electrons. The Balaban J connectivity index is 2.12. The van der Waals surface area contributed by atoms with Gasteiger partial charge in [-0.3, -0.25) is 0 Å². The molecule has 0 aliphatic heterocycles. The summed E-state index contributed by atoms with van der Waals surface area (Å²) in [5.74, 6) is 0.990. The smallest absolute Gasteiger partial charge is 0.143 e. The second-order valence-corrected chi connectivity index (χ2v) is 4.82. The molecule has 3 heteroatoms. The summed E-state index contributed by atoms with van der Waals surface area (Å²) in [5.41, 5.74) is 3.27. The first-order valence-corrected chi connectivity index (χ1v) is 6.68. The maximum Gasteiger partial charge on any atom is 0.143 e. The first-order valence-electron chi connectivity index (χ1n) is 6.15. The van der Waals surface area contributed by atoms with Crippen LogP contribution in [0.25, 0.3) is 22.0 Å². The zero-order valence-corrected chi connectivity index (χ0v) is 11.4. The van der Waals surface area contributed by atoms with Gasteiger partial charge in [0.1, 0.15) is 5.82 Å². The number of aryl methyl sites for hydroxylation is 1. The van der Waals surface area contributed by atoms with Gasteiger partial charge in [-0.2, -0.15) is 0 Å². The number of fused-ring (bicyclic) bond motifs is 1. The van der Waals surface area contributed by atoms with Crippen molar-refractivity contribution in [2.24, 2.45) is 0 Å².